The van der Waals surface area contributed by atoms with Crippen LogP contribution in [0.25, 0.3) is 11.1 Å². The van der Waals surface area contributed by atoms with Crippen molar-refractivity contribution in [3.8, 4) is 11.1 Å². The monoisotopic (exact) mass is 409 g/mol. The third-order valence-corrected chi connectivity index (χ3v) is 5.83. The first-order chi connectivity index (χ1) is 14.5. The third kappa shape index (κ3) is 3.22. The first-order valence-corrected chi connectivity index (χ1v) is 9.78. The highest BCUT2D eigenvalue weighted by Gasteiger charge is 2.41. The van der Waals surface area contributed by atoms with Gasteiger partial charge in [0.1, 0.15) is 12.4 Å². The molecule has 1 heterocycles. The molecular formula is C24H18F3NO2. The molecule has 5 rings (SSSR count). The first-order valence-electron chi connectivity index (χ1n) is 9.78. The van der Waals surface area contributed by atoms with Crippen LogP contribution in [0.1, 0.15) is 22.6 Å². The number of amides is 1. The molecule has 2 aliphatic rings. The molecule has 1 saturated heterocycles. The Kier molecular flexibility index (Phi) is 4.50. The number of nitrogens with zero attached hydrogens (tertiary/aromatic N) is 1. The molecule has 0 aromatic heterocycles. The molecule has 1 fully saturated rings. The summed E-state index contributed by atoms with van der Waals surface area (Å²) in [4.78, 5) is 13.9. The largest absolute Gasteiger partial charge is 0.448 e. The molecule has 0 N–H and O–H groups in total. The predicted octanol–water partition coefficient (Wildman–Crippen LogP) is 5.28. The summed E-state index contributed by atoms with van der Waals surface area (Å²) in [6.07, 6.45) is -0.363. The van der Waals surface area contributed by atoms with Crippen LogP contribution in [0, 0.1) is 17.5 Å². The summed E-state index contributed by atoms with van der Waals surface area (Å²) in [5.74, 6) is -3.17. The van der Waals surface area contributed by atoms with Gasteiger partial charge in [0.2, 0.25) is 0 Å². The van der Waals surface area contributed by atoms with Crippen LogP contribution in [0.2, 0.25) is 0 Å². The fourth-order valence-corrected chi connectivity index (χ4v) is 4.23. The van der Waals surface area contributed by atoms with E-state index in [9.17, 15) is 18.0 Å². The molecule has 3 nitrogen and oxygen atoms in total. The first kappa shape index (κ1) is 18.7. The van der Waals surface area contributed by atoms with Crippen LogP contribution >= 0.6 is 0 Å². The Labute approximate surface area is 171 Å². The second-order valence-electron chi connectivity index (χ2n) is 7.67. The van der Waals surface area contributed by atoms with Crippen molar-refractivity contribution < 1.29 is 22.7 Å². The summed E-state index contributed by atoms with van der Waals surface area (Å²) in [6.45, 7) is 0.602. The van der Waals surface area contributed by atoms with Crippen LogP contribution in [0.15, 0.2) is 60.7 Å². The Morgan fingerprint density at radius 2 is 1.50 bits per heavy atom. The van der Waals surface area contributed by atoms with Crippen molar-refractivity contribution in [3.63, 3.8) is 0 Å². The van der Waals surface area contributed by atoms with Crippen LogP contribution in [-0.4, -0.2) is 30.2 Å². The summed E-state index contributed by atoms with van der Waals surface area (Å²) in [5, 5.41) is 0. The second-order valence-corrected chi connectivity index (χ2v) is 7.67. The van der Waals surface area contributed by atoms with Crippen molar-refractivity contribution in [1.29, 1.82) is 0 Å². The number of benzene rings is 3. The fraction of sp³-hybridized carbons (Fsp3) is 0.208. The maximum atomic E-state index is 13.8. The summed E-state index contributed by atoms with van der Waals surface area (Å²) in [5.41, 5.74) is 4.59. The van der Waals surface area contributed by atoms with E-state index in [0.717, 1.165) is 28.3 Å². The van der Waals surface area contributed by atoms with Crippen molar-refractivity contribution in [2.24, 2.45) is 0 Å². The topological polar surface area (TPSA) is 29.3 Å². The van der Waals surface area contributed by atoms with Crippen molar-refractivity contribution >= 4 is 6.09 Å². The molecule has 0 unspecified atom stereocenters. The number of halogens is 3. The fourth-order valence-electron chi connectivity index (χ4n) is 4.23. The average Bonchev–Trinajstić information content (AvgIpc) is 3.44. The molecule has 0 bridgehead atoms. The standard InChI is InChI=1S/C24H18F3NO2/c25-21-11-23(27)22(26)10-14(21)9-15-12-28(15)24(29)30-13-20-18-7-3-1-5-16(18)17-6-2-4-8-19(17)20/h1-8,10-11,15,20H,9,12-13H2/t15-,28?/m1/s1. The van der Waals surface area contributed by atoms with E-state index in [4.69, 9.17) is 4.74 Å². The minimum absolute atomic E-state index is 0.0385. The molecule has 30 heavy (non-hydrogen) atoms. The zero-order valence-corrected chi connectivity index (χ0v) is 15.9. The number of carbonyl (C=O) groups excluding carboxylic acids is 1. The summed E-state index contributed by atoms with van der Waals surface area (Å²) >= 11 is 0. The second kappa shape index (κ2) is 7.20. The normalized spacial score (nSPS) is 16.9. The van der Waals surface area contributed by atoms with Gasteiger partial charge in [-0.05, 0) is 40.3 Å². The molecule has 0 radical (unpaired) electrons. The number of hydrogen-bond donors (Lipinski definition) is 0. The van der Waals surface area contributed by atoms with Gasteiger partial charge in [-0.3, -0.25) is 0 Å². The van der Waals surface area contributed by atoms with E-state index < -0.39 is 23.5 Å². The Morgan fingerprint density at radius 3 is 2.17 bits per heavy atom. The average molecular weight is 409 g/mol. The van der Waals surface area contributed by atoms with E-state index in [1.165, 1.54) is 4.90 Å². The molecule has 152 valence electrons. The van der Waals surface area contributed by atoms with Crippen molar-refractivity contribution in [3.05, 3.63) is 94.8 Å². The Morgan fingerprint density at radius 1 is 0.900 bits per heavy atom. The van der Waals surface area contributed by atoms with E-state index in [1.54, 1.807) is 0 Å². The highest BCUT2D eigenvalue weighted by Crippen LogP contribution is 2.44. The van der Waals surface area contributed by atoms with E-state index >= 15 is 0 Å². The molecular weight excluding hydrogens is 391 g/mol. The molecule has 6 heteroatoms. The Bertz CT molecular complexity index is 1100. The smallest absolute Gasteiger partial charge is 0.410 e. The zero-order valence-electron chi connectivity index (χ0n) is 15.9. The molecule has 0 spiro atoms. The number of rotatable bonds is 4. The maximum Gasteiger partial charge on any atom is 0.410 e. The minimum atomic E-state index is -1.22. The molecule has 3 aromatic rings. The molecule has 1 amide bonds. The van der Waals surface area contributed by atoms with Crippen LogP contribution in [0.4, 0.5) is 18.0 Å². The van der Waals surface area contributed by atoms with Crippen LogP contribution in [0.3, 0.4) is 0 Å². The predicted molar refractivity (Wildman–Crippen MR) is 106 cm³/mol. The number of carbonyl (C=O) groups is 1. The summed E-state index contributed by atoms with van der Waals surface area (Å²) < 4.78 is 45.9. The van der Waals surface area contributed by atoms with Crippen LogP contribution in [-0.2, 0) is 11.2 Å². The van der Waals surface area contributed by atoms with Gasteiger partial charge in [-0.1, -0.05) is 48.5 Å². The Hall–Kier alpha value is -3.28. The lowest BCUT2D eigenvalue weighted by molar-refractivity contribution is 0.125. The van der Waals surface area contributed by atoms with Gasteiger partial charge in [0.25, 0.3) is 0 Å². The molecule has 0 saturated carbocycles. The summed E-state index contributed by atoms with van der Waals surface area (Å²) in [6, 6.07) is 17.2. The lowest BCUT2D eigenvalue weighted by atomic mass is 9.98. The van der Waals surface area contributed by atoms with E-state index in [1.807, 2.05) is 36.4 Å². The van der Waals surface area contributed by atoms with Gasteiger partial charge in [-0.15, -0.1) is 0 Å². The lowest BCUT2D eigenvalue weighted by Crippen LogP contribution is -2.19. The number of hydrogen-bond acceptors (Lipinski definition) is 2. The van der Waals surface area contributed by atoms with Crippen molar-refractivity contribution in [1.82, 2.24) is 4.90 Å². The van der Waals surface area contributed by atoms with Gasteiger partial charge in [0.05, 0.1) is 6.04 Å². The highest BCUT2D eigenvalue weighted by molar-refractivity contribution is 5.79. The Balaban J connectivity index is 1.24. The number of ether oxygens (including phenoxy) is 1. The van der Waals surface area contributed by atoms with Crippen LogP contribution in [0.5, 0.6) is 0 Å². The summed E-state index contributed by atoms with van der Waals surface area (Å²) in [7, 11) is 0. The van der Waals surface area contributed by atoms with Gasteiger partial charge in [0, 0.05) is 18.5 Å². The van der Waals surface area contributed by atoms with E-state index in [-0.39, 0.29) is 30.6 Å². The molecule has 1 atom stereocenters. The van der Waals surface area contributed by atoms with Gasteiger partial charge >= 0.3 is 6.09 Å². The van der Waals surface area contributed by atoms with Gasteiger partial charge < -0.3 is 9.64 Å². The van der Waals surface area contributed by atoms with Gasteiger partial charge in [0.15, 0.2) is 11.6 Å². The van der Waals surface area contributed by atoms with E-state index in [2.05, 4.69) is 12.1 Å². The molecule has 1 aliphatic heterocycles. The lowest BCUT2D eigenvalue weighted by Gasteiger charge is -2.14. The van der Waals surface area contributed by atoms with Gasteiger partial charge in [-0.25, -0.2) is 18.0 Å². The minimum Gasteiger partial charge on any atom is -0.448 e. The van der Waals surface area contributed by atoms with E-state index in [0.29, 0.717) is 12.6 Å². The molecule has 1 aliphatic carbocycles. The van der Waals surface area contributed by atoms with Gasteiger partial charge in [-0.2, -0.15) is 0 Å². The third-order valence-electron chi connectivity index (χ3n) is 5.83. The van der Waals surface area contributed by atoms with Crippen molar-refractivity contribution in [2.75, 3.05) is 13.2 Å². The van der Waals surface area contributed by atoms with Crippen LogP contribution < -0.4 is 0 Å². The molecule has 3 aromatic carbocycles. The quantitative estimate of drug-likeness (QED) is 0.433. The number of fused-ring (bicyclic) bond motifs is 3. The zero-order chi connectivity index (χ0) is 20.8. The van der Waals surface area contributed by atoms with Crippen molar-refractivity contribution in [2.45, 2.75) is 18.4 Å². The highest BCUT2D eigenvalue weighted by atomic mass is 19.2. The maximum absolute atomic E-state index is 13.8. The SMILES string of the molecule is O=C(OCC1c2ccccc2-c2ccccc21)N1C[C@H]1Cc1cc(F)c(F)cc1F.